The van der Waals surface area contributed by atoms with Crippen LogP contribution in [0.1, 0.15) is 16.2 Å². The lowest BCUT2D eigenvalue weighted by Crippen LogP contribution is -2.08. The van der Waals surface area contributed by atoms with E-state index in [-0.39, 0.29) is 22.5 Å². The maximum Gasteiger partial charge on any atom is 0.358 e. The van der Waals surface area contributed by atoms with Gasteiger partial charge in [-0.15, -0.1) is 11.3 Å². The lowest BCUT2D eigenvalue weighted by Gasteiger charge is -2.03. The molecule has 0 fully saturated rings. The Bertz CT molecular complexity index is 802. The molecule has 3 aromatic rings. The van der Waals surface area contributed by atoms with E-state index < -0.39 is 5.97 Å². The van der Waals surface area contributed by atoms with Gasteiger partial charge in [0.15, 0.2) is 5.69 Å². The molecule has 3 rings (SSSR count). The highest BCUT2D eigenvalue weighted by molar-refractivity contribution is 7.13. The van der Waals surface area contributed by atoms with E-state index in [9.17, 15) is 4.79 Å². The quantitative estimate of drug-likeness (QED) is 0.511. The molecule has 0 aliphatic carbocycles. The van der Waals surface area contributed by atoms with Gasteiger partial charge in [-0.3, -0.25) is 0 Å². The first-order chi connectivity index (χ1) is 10.6. The van der Waals surface area contributed by atoms with Crippen molar-refractivity contribution in [2.45, 2.75) is 6.61 Å². The third kappa shape index (κ3) is 3.30. The molecule has 0 atom stereocenters. The second kappa shape index (κ2) is 6.48. The zero-order valence-electron chi connectivity index (χ0n) is 11.0. The van der Waals surface area contributed by atoms with Crippen LogP contribution in [0.4, 0.5) is 0 Å². The third-order valence-corrected chi connectivity index (χ3v) is 4.01. The Kier molecular flexibility index (Phi) is 4.42. The molecular weight excluding hydrogens is 347 g/mol. The third-order valence-electron chi connectivity index (χ3n) is 2.64. The van der Waals surface area contributed by atoms with Crippen LogP contribution in [-0.4, -0.2) is 15.9 Å². The molecule has 0 aromatic carbocycles. The molecule has 3 aromatic heterocycles. The standard InChI is InChI=1S/C14H8Cl2N2O3S/c15-9-3-4-11(16)18-12(9)14(19)21-7-8-6-20-13(17-8)10-2-1-5-22-10/h1-6H,7H2. The predicted octanol–water partition coefficient (Wildman–Crippen LogP) is 4.46. The Morgan fingerprint density at radius 1 is 1.27 bits per heavy atom. The molecule has 3 heterocycles. The molecule has 0 aliphatic rings. The number of nitrogens with zero attached hydrogens (tertiary/aromatic N) is 2. The molecule has 5 nitrogen and oxygen atoms in total. The van der Waals surface area contributed by atoms with Gasteiger partial charge in [-0.1, -0.05) is 29.3 Å². The fraction of sp³-hybridized carbons (Fsp3) is 0.0714. The minimum Gasteiger partial charge on any atom is -0.454 e. The van der Waals surface area contributed by atoms with Gasteiger partial charge in [0.1, 0.15) is 23.7 Å². The number of esters is 1. The van der Waals surface area contributed by atoms with E-state index in [1.54, 1.807) is 0 Å². The number of ether oxygens (including phenoxy) is 1. The van der Waals surface area contributed by atoms with Gasteiger partial charge in [-0.25, -0.2) is 14.8 Å². The monoisotopic (exact) mass is 354 g/mol. The number of carbonyl (C=O) groups is 1. The van der Waals surface area contributed by atoms with Crippen molar-refractivity contribution >= 4 is 40.5 Å². The Hall–Kier alpha value is -1.89. The highest BCUT2D eigenvalue weighted by atomic mass is 35.5. The average molecular weight is 355 g/mol. The summed E-state index contributed by atoms with van der Waals surface area (Å²) in [6.45, 7) is -0.0434. The Morgan fingerprint density at radius 2 is 2.14 bits per heavy atom. The number of thiophene rings is 1. The molecule has 0 aliphatic heterocycles. The van der Waals surface area contributed by atoms with Crippen LogP contribution in [0.3, 0.4) is 0 Å². The first-order valence-electron chi connectivity index (χ1n) is 6.11. The molecule has 22 heavy (non-hydrogen) atoms. The predicted molar refractivity (Wildman–Crippen MR) is 83.2 cm³/mol. The summed E-state index contributed by atoms with van der Waals surface area (Å²) in [6.07, 6.45) is 1.44. The zero-order chi connectivity index (χ0) is 15.5. The molecule has 0 unspecified atom stereocenters. The summed E-state index contributed by atoms with van der Waals surface area (Å²) >= 11 is 13.1. The van der Waals surface area contributed by atoms with Crippen LogP contribution in [0.5, 0.6) is 0 Å². The summed E-state index contributed by atoms with van der Waals surface area (Å²) in [5.41, 5.74) is 0.464. The molecule has 0 radical (unpaired) electrons. The first kappa shape index (κ1) is 15.0. The van der Waals surface area contributed by atoms with Crippen LogP contribution in [0.15, 0.2) is 40.3 Å². The van der Waals surface area contributed by atoms with Crippen molar-refractivity contribution in [3.63, 3.8) is 0 Å². The maximum absolute atomic E-state index is 11.9. The number of aromatic nitrogens is 2. The van der Waals surface area contributed by atoms with Gasteiger partial charge < -0.3 is 9.15 Å². The van der Waals surface area contributed by atoms with E-state index in [0.29, 0.717) is 11.6 Å². The van der Waals surface area contributed by atoms with E-state index in [1.807, 2.05) is 17.5 Å². The van der Waals surface area contributed by atoms with E-state index in [0.717, 1.165) is 4.88 Å². The summed E-state index contributed by atoms with van der Waals surface area (Å²) < 4.78 is 10.5. The average Bonchev–Trinajstić information content (AvgIpc) is 3.17. The molecule has 0 bridgehead atoms. The Labute approximate surface area is 139 Å². The molecule has 0 N–H and O–H groups in total. The lowest BCUT2D eigenvalue weighted by molar-refractivity contribution is 0.0461. The van der Waals surface area contributed by atoms with Crippen LogP contribution in [0, 0.1) is 0 Å². The number of halogens is 2. The number of oxazole rings is 1. The summed E-state index contributed by atoms with van der Waals surface area (Å²) in [5.74, 6) is -0.187. The van der Waals surface area contributed by atoms with Gasteiger partial charge >= 0.3 is 5.97 Å². The number of pyridine rings is 1. The fourth-order valence-electron chi connectivity index (χ4n) is 1.66. The summed E-state index contributed by atoms with van der Waals surface area (Å²) in [6, 6.07) is 6.77. The summed E-state index contributed by atoms with van der Waals surface area (Å²) in [4.78, 5) is 20.9. The minimum absolute atomic E-state index is 0.0314. The van der Waals surface area contributed by atoms with Gasteiger partial charge in [-0.05, 0) is 23.6 Å². The second-order valence-corrected chi connectivity index (χ2v) is 5.90. The topological polar surface area (TPSA) is 65.2 Å². The fourth-order valence-corrected chi connectivity index (χ4v) is 2.64. The highest BCUT2D eigenvalue weighted by Gasteiger charge is 2.16. The molecule has 0 spiro atoms. The van der Waals surface area contributed by atoms with Crippen molar-refractivity contribution in [1.82, 2.24) is 9.97 Å². The van der Waals surface area contributed by atoms with Crippen molar-refractivity contribution in [3.8, 4) is 10.8 Å². The van der Waals surface area contributed by atoms with Crippen LogP contribution in [0.25, 0.3) is 10.8 Å². The van der Waals surface area contributed by atoms with Gasteiger partial charge in [0.2, 0.25) is 5.89 Å². The van der Waals surface area contributed by atoms with Gasteiger partial charge in [0.25, 0.3) is 0 Å². The van der Waals surface area contributed by atoms with Crippen molar-refractivity contribution in [2.75, 3.05) is 0 Å². The Morgan fingerprint density at radius 3 is 2.91 bits per heavy atom. The first-order valence-corrected chi connectivity index (χ1v) is 7.74. The number of rotatable bonds is 4. The lowest BCUT2D eigenvalue weighted by atomic mass is 10.3. The largest absolute Gasteiger partial charge is 0.454 e. The minimum atomic E-state index is -0.673. The van der Waals surface area contributed by atoms with E-state index in [2.05, 4.69) is 9.97 Å². The number of hydrogen-bond donors (Lipinski definition) is 0. The summed E-state index contributed by atoms with van der Waals surface area (Å²) in [5, 5.41) is 2.26. The van der Waals surface area contributed by atoms with Crippen molar-refractivity contribution in [2.24, 2.45) is 0 Å². The van der Waals surface area contributed by atoms with Gasteiger partial charge in [0, 0.05) is 0 Å². The van der Waals surface area contributed by atoms with E-state index >= 15 is 0 Å². The van der Waals surface area contributed by atoms with Gasteiger partial charge in [0.05, 0.1) is 9.90 Å². The van der Waals surface area contributed by atoms with Crippen molar-refractivity contribution < 1.29 is 13.9 Å². The molecular formula is C14H8Cl2N2O3S. The van der Waals surface area contributed by atoms with Crippen LogP contribution in [0.2, 0.25) is 10.2 Å². The second-order valence-electron chi connectivity index (χ2n) is 4.16. The van der Waals surface area contributed by atoms with Crippen LogP contribution in [-0.2, 0) is 11.3 Å². The highest BCUT2D eigenvalue weighted by Crippen LogP contribution is 2.24. The number of carbonyl (C=O) groups excluding carboxylic acids is 1. The van der Waals surface area contributed by atoms with Crippen molar-refractivity contribution in [3.05, 3.63) is 57.5 Å². The molecule has 0 saturated carbocycles. The molecule has 8 heteroatoms. The smallest absolute Gasteiger partial charge is 0.358 e. The van der Waals surface area contributed by atoms with E-state index in [1.165, 1.54) is 29.7 Å². The number of hydrogen-bond acceptors (Lipinski definition) is 6. The molecule has 112 valence electrons. The zero-order valence-corrected chi connectivity index (χ0v) is 13.3. The van der Waals surface area contributed by atoms with Crippen LogP contribution >= 0.6 is 34.5 Å². The molecule has 0 saturated heterocycles. The SMILES string of the molecule is O=C(OCc1coc(-c2cccs2)n1)c1nc(Cl)ccc1Cl. The van der Waals surface area contributed by atoms with Crippen molar-refractivity contribution in [1.29, 1.82) is 0 Å². The van der Waals surface area contributed by atoms with E-state index in [4.69, 9.17) is 32.4 Å². The normalized spacial score (nSPS) is 10.6. The van der Waals surface area contributed by atoms with Crippen LogP contribution < -0.4 is 0 Å². The van der Waals surface area contributed by atoms with Gasteiger partial charge in [-0.2, -0.15) is 0 Å². The molecule has 0 amide bonds. The Balaban J connectivity index is 1.67. The maximum atomic E-state index is 11.9. The summed E-state index contributed by atoms with van der Waals surface area (Å²) in [7, 11) is 0.